The molecule has 0 fully saturated rings. The van der Waals surface area contributed by atoms with Crippen molar-refractivity contribution < 1.29 is 13.9 Å². The molecule has 2 aromatic heterocycles. The zero-order chi connectivity index (χ0) is 16.0. The van der Waals surface area contributed by atoms with Crippen LogP contribution in [-0.4, -0.2) is 29.3 Å². The van der Waals surface area contributed by atoms with E-state index in [1.807, 2.05) is 12.1 Å². The molecule has 0 atom stereocenters. The maximum atomic E-state index is 12.0. The summed E-state index contributed by atoms with van der Waals surface area (Å²) >= 11 is 0. The Labute approximate surface area is 130 Å². The highest BCUT2D eigenvalue weighted by Gasteiger charge is 2.18. The number of ether oxygens (including phenoxy) is 1. The van der Waals surface area contributed by atoms with Crippen LogP contribution < -0.4 is 5.32 Å². The number of hydrogen-bond donors (Lipinski definition) is 2. The number of carbonyl (C=O) groups is 1. The van der Waals surface area contributed by atoms with Gasteiger partial charge in [-0.25, -0.2) is 0 Å². The van der Waals surface area contributed by atoms with Gasteiger partial charge in [0.05, 0.1) is 6.26 Å². The smallest absolute Gasteiger partial charge is 0.271 e. The summed E-state index contributed by atoms with van der Waals surface area (Å²) in [5.74, 6) is 0.632. The molecule has 120 valence electrons. The maximum Gasteiger partial charge on any atom is 0.271 e. The highest BCUT2D eigenvalue weighted by Crippen LogP contribution is 2.20. The van der Waals surface area contributed by atoms with Gasteiger partial charge in [-0.15, -0.1) is 0 Å². The van der Waals surface area contributed by atoms with Gasteiger partial charge >= 0.3 is 0 Å². The molecule has 22 heavy (non-hydrogen) atoms. The summed E-state index contributed by atoms with van der Waals surface area (Å²) in [5, 5.41) is 9.79. The van der Waals surface area contributed by atoms with Gasteiger partial charge in [0.15, 0.2) is 0 Å². The van der Waals surface area contributed by atoms with E-state index >= 15 is 0 Å². The third-order valence-corrected chi connectivity index (χ3v) is 3.19. The first-order valence-electron chi connectivity index (χ1n) is 7.41. The lowest BCUT2D eigenvalue weighted by Gasteiger charge is -2.14. The summed E-state index contributed by atoms with van der Waals surface area (Å²) in [4.78, 5) is 12.0. The molecule has 1 amide bonds. The van der Waals surface area contributed by atoms with Crippen molar-refractivity contribution >= 4 is 5.91 Å². The van der Waals surface area contributed by atoms with Crippen molar-refractivity contribution in [2.24, 2.45) is 0 Å². The van der Waals surface area contributed by atoms with E-state index in [-0.39, 0.29) is 11.3 Å². The molecule has 2 rings (SSSR count). The molecular weight excluding hydrogens is 282 g/mol. The number of carbonyl (C=O) groups excluding carboxylic acids is 1. The van der Waals surface area contributed by atoms with Gasteiger partial charge in [0, 0.05) is 24.3 Å². The van der Waals surface area contributed by atoms with E-state index in [2.05, 4.69) is 36.3 Å². The average Bonchev–Trinajstić information content (AvgIpc) is 3.12. The second-order valence-corrected chi connectivity index (χ2v) is 6.16. The molecule has 0 aliphatic carbocycles. The topological polar surface area (TPSA) is 80.2 Å². The summed E-state index contributed by atoms with van der Waals surface area (Å²) < 4.78 is 10.6. The number of nitrogens with zero attached hydrogens (tertiary/aromatic N) is 1. The van der Waals surface area contributed by atoms with Crippen LogP contribution in [0, 0.1) is 0 Å². The standard InChI is InChI=1S/C16H23N3O3/c1-16(2,3)14-10-13(18-19-14)15(20)17-7-5-8-21-11-12-6-4-9-22-12/h4,6,9-10H,5,7-8,11H2,1-3H3,(H,17,20)(H,18,19). The SMILES string of the molecule is CC(C)(C)c1cc(C(=O)NCCCOCc2ccco2)n[nH]1. The number of amides is 1. The first-order valence-corrected chi connectivity index (χ1v) is 7.41. The molecule has 0 aliphatic rings. The Bertz CT molecular complexity index is 582. The summed E-state index contributed by atoms with van der Waals surface area (Å²) in [5.41, 5.74) is 1.31. The van der Waals surface area contributed by atoms with Crippen LogP contribution >= 0.6 is 0 Å². The number of aromatic amines is 1. The minimum absolute atomic E-state index is 0.0504. The number of nitrogens with one attached hydrogen (secondary N) is 2. The number of hydrogen-bond acceptors (Lipinski definition) is 4. The Hall–Kier alpha value is -2.08. The predicted octanol–water partition coefficient (Wildman–Crippen LogP) is 2.64. The monoisotopic (exact) mass is 305 g/mol. The van der Waals surface area contributed by atoms with Crippen LogP contribution in [0.25, 0.3) is 0 Å². The predicted molar refractivity (Wildman–Crippen MR) is 82.6 cm³/mol. The number of furan rings is 1. The van der Waals surface area contributed by atoms with Crippen molar-refractivity contribution in [1.82, 2.24) is 15.5 Å². The van der Waals surface area contributed by atoms with Crippen molar-refractivity contribution in [1.29, 1.82) is 0 Å². The molecule has 0 saturated carbocycles. The van der Waals surface area contributed by atoms with Gasteiger partial charge in [-0.1, -0.05) is 20.8 Å². The van der Waals surface area contributed by atoms with Gasteiger partial charge in [-0.2, -0.15) is 5.10 Å². The Morgan fingerprint density at radius 3 is 2.91 bits per heavy atom. The second kappa shape index (κ2) is 7.26. The third-order valence-electron chi connectivity index (χ3n) is 3.19. The Morgan fingerprint density at radius 1 is 1.45 bits per heavy atom. The molecule has 0 spiro atoms. The third kappa shape index (κ3) is 4.73. The highest BCUT2D eigenvalue weighted by atomic mass is 16.5. The molecule has 0 aromatic carbocycles. The largest absolute Gasteiger partial charge is 0.467 e. The minimum Gasteiger partial charge on any atom is -0.467 e. The zero-order valence-corrected chi connectivity index (χ0v) is 13.3. The fourth-order valence-corrected chi connectivity index (χ4v) is 1.86. The summed E-state index contributed by atoms with van der Waals surface area (Å²) in [6.07, 6.45) is 2.36. The summed E-state index contributed by atoms with van der Waals surface area (Å²) in [7, 11) is 0. The molecule has 0 bridgehead atoms. The van der Waals surface area contributed by atoms with Crippen LogP contribution in [-0.2, 0) is 16.8 Å². The second-order valence-electron chi connectivity index (χ2n) is 6.16. The van der Waals surface area contributed by atoms with Gasteiger partial charge in [0.1, 0.15) is 18.1 Å². The van der Waals surface area contributed by atoms with Gasteiger partial charge in [0.25, 0.3) is 5.91 Å². The van der Waals surface area contributed by atoms with E-state index in [1.165, 1.54) is 0 Å². The molecule has 2 aromatic rings. The average molecular weight is 305 g/mol. The molecule has 6 nitrogen and oxygen atoms in total. The number of H-pyrrole nitrogens is 1. The Kier molecular flexibility index (Phi) is 5.38. The van der Waals surface area contributed by atoms with Crippen LogP contribution in [0.15, 0.2) is 28.9 Å². The van der Waals surface area contributed by atoms with Crippen LogP contribution in [0.1, 0.15) is 49.1 Å². The normalized spacial score (nSPS) is 11.6. The van der Waals surface area contributed by atoms with E-state index in [4.69, 9.17) is 9.15 Å². The highest BCUT2D eigenvalue weighted by molar-refractivity contribution is 5.92. The van der Waals surface area contributed by atoms with Crippen molar-refractivity contribution in [2.45, 2.75) is 39.2 Å². The van der Waals surface area contributed by atoms with Crippen LogP contribution in [0.5, 0.6) is 0 Å². The summed E-state index contributed by atoms with van der Waals surface area (Å²) in [6.45, 7) is 7.77. The Morgan fingerprint density at radius 2 is 2.27 bits per heavy atom. The van der Waals surface area contributed by atoms with E-state index < -0.39 is 0 Å². The number of rotatable bonds is 7. The minimum atomic E-state index is -0.169. The van der Waals surface area contributed by atoms with Crippen molar-refractivity contribution in [3.8, 4) is 0 Å². The van der Waals surface area contributed by atoms with Crippen molar-refractivity contribution in [2.75, 3.05) is 13.2 Å². The molecule has 0 aliphatic heterocycles. The summed E-state index contributed by atoms with van der Waals surface area (Å²) in [6, 6.07) is 5.49. The lowest BCUT2D eigenvalue weighted by atomic mass is 9.92. The molecule has 2 N–H and O–H groups in total. The van der Waals surface area contributed by atoms with E-state index in [1.54, 1.807) is 12.3 Å². The quantitative estimate of drug-likeness (QED) is 0.771. The van der Waals surface area contributed by atoms with Gasteiger partial charge in [0.2, 0.25) is 0 Å². The van der Waals surface area contributed by atoms with Crippen molar-refractivity contribution in [3.05, 3.63) is 41.6 Å². The first-order chi connectivity index (χ1) is 10.5. The molecular formula is C16H23N3O3. The van der Waals surface area contributed by atoms with E-state index in [0.717, 1.165) is 17.9 Å². The van der Waals surface area contributed by atoms with Gasteiger partial charge in [-0.05, 0) is 24.6 Å². The molecule has 0 saturated heterocycles. The van der Waals surface area contributed by atoms with Crippen LogP contribution in [0.2, 0.25) is 0 Å². The molecule has 0 unspecified atom stereocenters. The lowest BCUT2D eigenvalue weighted by Crippen LogP contribution is -2.25. The fraction of sp³-hybridized carbons (Fsp3) is 0.500. The molecule has 6 heteroatoms. The first kappa shape index (κ1) is 16.3. The fourth-order valence-electron chi connectivity index (χ4n) is 1.86. The van der Waals surface area contributed by atoms with Crippen molar-refractivity contribution in [3.63, 3.8) is 0 Å². The molecule has 0 radical (unpaired) electrons. The zero-order valence-electron chi connectivity index (χ0n) is 13.3. The molecule has 2 heterocycles. The van der Waals surface area contributed by atoms with Crippen LogP contribution in [0.3, 0.4) is 0 Å². The van der Waals surface area contributed by atoms with E-state index in [0.29, 0.717) is 25.5 Å². The number of aromatic nitrogens is 2. The Balaban J connectivity index is 1.64. The lowest BCUT2D eigenvalue weighted by molar-refractivity contribution is 0.0913. The van der Waals surface area contributed by atoms with E-state index in [9.17, 15) is 4.79 Å². The van der Waals surface area contributed by atoms with Crippen LogP contribution in [0.4, 0.5) is 0 Å². The van der Waals surface area contributed by atoms with Gasteiger partial charge in [-0.3, -0.25) is 9.89 Å². The maximum absolute atomic E-state index is 12.0. The van der Waals surface area contributed by atoms with Gasteiger partial charge < -0.3 is 14.5 Å².